The monoisotopic (exact) mass is 241 g/mol. The van der Waals surface area contributed by atoms with Gasteiger partial charge in [-0.2, -0.15) is 4.98 Å². The first-order chi connectivity index (χ1) is 8.17. The van der Waals surface area contributed by atoms with Gasteiger partial charge >= 0.3 is 5.97 Å². The van der Waals surface area contributed by atoms with Gasteiger partial charge < -0.3 is 19.7 Å². The van der Waals surface area contributed by atoms with Crippen LogP contribution in [0.1, 0.15) is 30.8 Å². The molecule has 0 aliphatic heterocycles. The van der Waals surface area contributed by atoms with Gasteiger partial charge in [-0.1, -0.05) is 13.8 Å². The fraction of sp³-hybridized carbons (Fsp3) is 0.636. The van der Waals surface area contributed by atoms with Gasteiger partial charge in [0.05, 0.1) is 0 Å². The minimum absolute atomic E-state index is 0.0756. The molecule has 0 aliphatic carbocycles. The van der Waals surface area contributed by atoms with Gasteiger partial charge in [-0.25, -0.2) is 4.79 Å². The number of hydrogen-bond acceptors (Lipinski definition) is 5. The molecule has 0 radical (unpaired) electrons. The van der Waals surface area contributed by atoms with E-state index in [1.807, 2.05) is 0 Å². The van der Waals surface area contributed by atoms with Gasteiger partial charge in [-0.3, -0.25) is 0 Å². The fourth-order valence-corrected chi connectivity index (χ4v) is 1.52. The summed E-state index contributed by atoms with van der Waals surface area (Å²) in [7, 11) is 0. The summed E-state index contributed by atoms with van der Waals surface area (Å²) >= 11 is 0. The zero-order valence-electron chi connectivity index (χ0n) is 10.3. The molecule has 1 aromatic heterocycles. The van der Waals surface area contributed by atoms with Crippen molar-refractivity contribution in [2.75, 3.05) is 31.5 Å². The summed E-state index contributed by atoms with van der Waals surface area (Å²) in [4.78, 5) is 16.7. The molecule has 0 saturated carbocycles. The van der Waals surface area contributed by atoms with E-state index in [2.05, 4.69) is 29.0 Å². The number of oxazole rings is 1. The second-order valence-corrected chi connectivity index (χ2v) is 3.70. The van der Waals surface area contributed by atoms with Crippen LogP contribution in [0.25, 0.3) is 0 Å². The van der Waals surface area contributed by atoms with Gasteiger partial charge in [0.2, 0.25) is 0 Å². The molecule has 17 heavy (non-hydrogen) atoms. The predicted octanol–water partition coefficient (Wildman–Crippen LogP) is 1.52. The maximum atomic E-state index is 10.6. The highest BCUT2D eigenvalue weighted by molar-refractivity contribution is 5.85. The number of carboxylic acid groups (broad SMARTS) is 1. The summed E-state index contributed by atoms with van der Waals surface area (Å²) in [6, 6.07) is 0.259. The Morgan fingerprint density at radius 3 is 2.82 bits per heavy atom. The lowest BCUT2D eigenvalue weighted by molar-refractivity contribution is 0.0690. The molecule has 0 atom stereocenters. The van der Waals surface area contributed by atoms with Crippen LogP contribution < -0.4 is 5.32 Å². The minimum atomic E-state index is -1.08. The number of hydrogen-bond donors (Lipinski definition) is 2. The normalized spacial score (nSPS) is 10.8. The van der Waals surface area contributed by atoms with E-state index in [4.69, 9.17) is 9.52 Å². The molecule has 0 aromatic carbocycles. The Labute approximate surface area is 101 Å². The van der Waals surface area contributed by atoms with E-state index < -0.39 is 5.97 Å². The van der Waals surface area contributed by atoms with Crippen LogP contribution in [-0.2, 0) is 0 Å². The molecule has 0 saturated heterocycles. The summed E-state index contributed by atoms with van der Waals surface area (Å²) in [5, 5.41) is 11.6. The van der Waals surface area contributed by atoms with Crippen LogP contribution >= 0.6 is 0 Å². The molecule has 1 heterocycles. The van der Waals surface area contributed by atoms with Crippen molar-refractivity contribution in [3.63, 3.8) is 0 Å². The lowest BCUT2D eigenvalue weighted by Crippen LogP contribution is -2.29. The van der Waals surface area contributed by atoms with E-state index >= 15 is 0 Å². The maximum absolute atomic E-state index is 10.6. The molecule has 0 fully saturated rings. The van der Waals surface area contributed by atoms with Crippen LogP contribution in [0.3, 0.4) is 0 Å². The molecule has 1 aromatic rings. The van der Waals surface area contributed by atoms with Crippen molar-refractivity contribution < 1.29 is 14.3 Å². The molecule has 6 heteroatoms. The first kappa shape index (κ1) is 13.5. The number of carboxylic acids is 1. The van der Waals surface area contributed by atoms with Gasteiger partial charge in [-0.05, 0) is 19.5 Å². The van der Waals surface area contributed by atoms with E-state index in [1.165, 1.54) is 0 Å². The Kier molecular flexibility index (Phi) is 5.48. The lowest BCUT2D eigenvalue weighted by atomic mass is 10.4. The van der Waals surface area contributed by atoms with Crippen LogP contribution in [-0.4, -0.2) is 47.1 Å². The van der Waals surface area contributed by atoms with E-state index in [0.717, 1.165) is 32.3 Å². The molecular formula is C11H19N3O3. The highest BCUT2D eigenvalue weighted by atomic mass is 16.4. The number of rotatable bonds is 8. The number of carbonyl (C=O) groups is 1. The Bertz CT molecular complexity index is 351. The van der Waals surface area contributed by atoms with Crippen molar-refractivity contribution in [2.45, 2.75) is 20.3 Å². The lowest BCUT2D eigenvalue weighted by Gasteiger charge is -2.18. The zero-order chi connectivity index (χ0) is 12.7. The SMILES string of the molecule is CCCN(CC)CCNc1nc(C(=O)O)co1. The Morgan fingerprint density at radius 1 is 1.53 bits per heavy atom. The Hall–Kier alpha value is -1.56. The molecule has 0 aliphatic rings. The summed E-state index contributed by atoms with van der Waals surface area (Å²) in [5.74, 6) is -1.08. The molecule has 0 amide bonds. The van der Waals surface area contributed by atoms with Gasteiger partial charge in [0, 0.05) is 13.1 Å². The van der Waals surface area contributed by atoms with E-state index in [9.17, 15) is 4.79 Å². The second-order valence-electron chi connectivity index (χ2n) is 3.70. The summed E-state index contributed by atoms with van der Waals surface area (Å²) in [6.07, 6.45) is 2.25. The average molecular weight is 241 g/mol. The number of nitrogens with zero attached hydrogens (tertiary/aromatic N) is 2. The van der Waals surface area contributed by atoms with Crippen LogP contribution in [0.2, 0.25) is 0 Å². The largest absolute Gasteiger partial charge is 0.476 e. The van der Waals surface area contributed by atoms with Gasteiger partial charge in [0.1, 0.15) is 6.26 Å². The number of anilines is 1. The van der Waals surface area contributed by atoms with Crippen LogP contribution in [0, 0.1) is 0 Å². The molecular weight excluding hydrogens is 222 g/mol. The Balaban J connectivity index is 2.32. The third-order valence-corrected chi connectivity index (χ3v) is 2.41. The van der Waals surface area contributed by atoms with E-state index in [1.54, 1.807) is 0 Å². The molecule has 0 unspecified atom stereocenters. The first-order valence-electron chi connectivity index (χ1n) is 5.82. The topological polar surface area (TPSA) is 78.6 Å². The molecule has 0 spiro atoms. The maximum Gasteiger partial charge on any atom is 0.357 e. The number of aromatic nitrogens is 1. The number of nitrogens with one attached hydrogen (secondary N) is 1. The highest BCUT2D eigenvalue weighted by Crippen LogP contribution is 2.06. The van der Waals surface area contributed by atoms with Gasteiger partial charge in [-0.15, -0.1) is 0 Å². The van der Waals surface area contributed by atoms with E-state index in [0.29, 0.717) is 6.54 Å². The van der Waals surface area contributed by atoms with Crippen LogP contribution in [0.4, 0.5) is 6.01 Å². The molecule has 0 bridgehead atoms. The number of likely N-dealkylation sites (N-methyl/N-ethyl adjacent to an activating group) is 1. The molecule has 1 rings (SSSR count). The third kappa shape index (κ3) is 4.44. The second kappa shape index (κ2) is 6.90. The standard InChI is InChI=1S/C11H19N3O3/c1-3-6-14(4-2)7-5-12-11-13-9(8-17-11)10(15)16/h8H,3-7H2,1-2H3,(H,12,13)(H,15,16). The van der Waals surface area contributed by atoms with Crippen molar-refractivity contribution >= 4 is 12.0 Å². The summed E-state index contributed by atoms with van der Waals surface area (Å²) in [5.41, 5.74) is -0.0756. The quantitative estimate of drug-likeness (QED) is 0.718. The summed E-state index contributed by atoms with van der Waals surface area (Å²) in [6.45, 7) is 7.89. The Morgan fingerprint density at radius 2 is 2.29 bits per heavy atom. The molecule has 96 valence electrons. The minimum Gasteiger partial charge on any atom is -0.476 e. The van der Waals surface area contributed by atoms with Gasteiger partial charge in [0.25, 0.3) is 6.01 Å². The van der Waals surface area contributed by atoms with Crippen molar-refractivity contribution in [3.8, 4) is 0 Å². The molecule has 2 N–H and O–H groups in total. The fourth-order valence-electron chi connectivity index (χ4n) is 1.52. The van der Waals surface area contributed by atoms with Crippen LogP contribution in [0.5, 0.6) is 0 Å². The number of aromatic carboxylic acids is 1. The summed E-state index contributed by atoms with van der Waals surface area (Å²) < 4.78 is 4.98. The first-order valence-corrected chi connectivity index (χ1v) is 5.82. The average Bonchev–Trinajstić information content (AvgIpc) is 2.77. The van der Waals surface area contributed by atoms with Crippen LogP contribution in [0.15, 0.2) is 10.7 Å². The van der Waals surface area contributed by atoms with Gasteiger partial charge in [0.15, 0.2) is 5.69 Å². The third-order valence-electron chi connectivity index (χ3n) is 2.41. The van der Waals surface area contributed by atoms with E-state index in [-0.39, 0.29) is 11.7 Å². The highest BCUT2D eigenvalue weighted by Gasteiger charge is 2.09. The van der Waals surface area contributed by atoms with Crippen molar-refractivity contribution in [1.82, 2.24) is 9.88 Å². The zero-order valence-corrected chi connectivity index (χ0v) is 10.3. The molecule has 6 nitrogen and oxygen atoms in total. The van der Waals surface area contributed by atoms with Crippen molar-refractivity contribution in [2.24, 2.45) is 0 Å². The predicted molar refractivity (Wildman–Crippen MR) is 64.4 cm³/mol. The smallest absolute Gasteiger partial charge is 0.357 e. The van der Waals surface area contributed by atoms with Crippen molar-refractivity contribution in [1.29, 1.82) is 0 Å². The van der Waals surface area contributed by atoms with Crippen molar-refractivity contribution in [3.05, 3.63) is 12.0 Å².